The van der Waals surface area contributed by atoms with E-state index < -0.39 is 0 Å². The van der Waals surface area contributed by atoms with Gasteiger partial charge in [0.2, 0.25) is 0 Å². The van der Waals surface area contributed by atoms with E-state index in [1.165, 1.54) is 4.68 Å². The molecule has 2 aromatic carbocycles. The van der Waals surface area contributed by atoms with Crippen LogP contribution in [-0.4, -0.2) is 49.9 Å². The predicted octanol–water partition coefficient (Wildman–Crippen LogP) is 4.69. The first-order chi connectivity index (χ1) is 18.8. The van der Waals surface area contributed by atoms with Gasteiger partial charge in [0, 0.05) is 29.7 Å². The Kier molecular flexibility index (Phi) is 6.96. The van der Waals surface area contributed by atoms with Crippen molar-refractivity contribution in [2.75, 3.05) is 24.9 Å². The minimum Gasteiger partial charge on any atom is -0.497 e. The van der Waals surface area contributed by atoms with Crippen LogP contribution in [-0.2, 0) is 7.05 Å². The van der Waals surface area contributed by atoms with Crippen molar-refractivity contribution in [3.8, 4) is 28.6 Å². The van der Waals surface area contributed by atoms with E-state index in [2.05, 4.69) is 31.0 Å². The number of aryl methyl sites for hydroxylation is 3. The molecule has 5 aromatic rings. The Morgan fingerprint density at radius 3 is 2.26 bits per heavy atom. The molecule has 3 heterocycles. The number of ether oxygens (including phenoxy) is 2. The minimum absolute atomic E-state index is 0.288. The largest absolute Gasteiger partial charge is 0.497 e. The fourth-order valence-electron chi connectivity index (χ4n) is 4.17. The van der Waals surface area contributed by atoms with Crippen molar-refractivity contribution in [1.29, 1.82) is 0 Å². The number of aromatic nitrogens is 6. The topological polar surface area (TPSA) is 121 Å². The second-order valence-corrected chi connectivity index (χ2v) is 8.88. The number of amides is 1. The number of methoxy groups -OCH3 is 2. The normalized spacial score (nSPS) is 10.8. The summed E-state index contributed by atoms with van der Waals surface area (Å²) in [5.74, 6) is 2.25. The highest BCUT2D eigenvalue weighted by Gasteiger charge is 2.18. The molecule has 0 saturated carbocycles. The first kappa shape index (κ1) is 25.5. The van der Waals surface area contributed by atoms with Crippen LogP contribution in [0.3, 0.4) is 0 Å². The molecule has 0 aliphatic rings. The quantitative estimate of drug-likeness (QED) is 0.300. The molecular formula is C28H28N8O3. The van der Waals surface area contributed by atoms with Gasteiger partial charge < -0.3 is 20.1 Å². The van der Waals surface area contributed by atoms with Gasteiger partial charge in [-0.25, -0.2) is 4.68 Å². The second kappa shape index (κ2) is 10.7. The van der Waals surface area contributed by atoms with Gasteiger partial charge in [-0.15, -0.1) is 10.2 Å². The van der Waals surface area contributed by atoms with Crippen LogP contribution >= 0.6 is 0 Å². The molecule has 11 nitrogen and oxygen atoms in total. The number of nitrogens with one attached hydrogen (secondary N) is 2. The summed E-state index contributed by atoms with van der Waals surface area (Å²) in [6.45, 7) is 3.91. The maximum Gasteiger partial charge on any atom is 0.273 e. The zero-order chi connectivity index (χ0) is 27.5. The Morgan fingerprint density at radius 2 is 1.62 bits per heavy atom. The van der Waals surface area contributed by atoms with Crippen LogP contribution < -0.4 is 20.1 Å². The number of benzene rings is 2. The van der Waals surface area contributed by atoms with Gasteiger partial charge in [0.1, 0.15) is 17.2 Å². The summed E-state index contributed by atoms with van der Waals surface area (Å²) in [6, 6.07) is 20.1. The molecule has 2 N–H and O–H groups in total. The summed E-state index contributed by atoms with van der Waals surface area (Å²) in [5.41, 5.74) is 5.07. The number of rotatable bonds is 8. The molecule has 0 aliphatic heterocycles. The van der Waals surface area contributed by atoms with Crippen LogP contribution in [0.2, 0.25) is 0 Å². The maximum absolute atomic E-state index is 13.0. The number of carbonyl (C=O) groups is 1. The maximum atomic E-state index is 13.0. The molecule has 0 spiro atoms. The third-order valence-corrected chi connectivity index (χ3v) is 6.09. The summed E-state index contributed by atoms with van der Waals surface area (Å²) < 4.78 is 14.1. The zero-order valence-corrected chi connectivity index (χ0v) is 22.3. The summed E-state index contributed by atoms with van der Waals surface area (Å²) >= 11 is 0. The van der Waals surface area contributed by atoms with Gasteiger partial charge in [-0.3, -0.25) is 9.48 Å². The van der Waals surface area contributed by atoms with E-state index in [1.54, 1.807) is 50.2 Å². The predicted molar refractivity (Wildman–Crippen MR) is 148 cm³/mol. The van der Waals surface area contributed by atoms with E-state index in [-0.39, 0.29) is 5.91 Å². The van der Waals surface area contributed by atoms with E-state index in [1.807, 2.05) is 56.3 Å². The lowest BCUT2D eigenvalue weighted by atomic mass is 10.1. The molecule has 39 heavy (non-hydrogen) atoms. The lowest BCUT2D eigenvalue weighted by molar-refractivity contribution is 0.101. The molecule has 0 unspecified atom stereocenters. The van der Waals surface area contributed by atoms with E-state index in [4.69, 9.17) is 9.47 Å². The fraction of sp³-hybridized carbons (Fsp3) is 0.179. The van der Waals surface area contributed by atoms with E-state index >= 15 is 0 Å². The average Bonchev–Trinajstić information content (AvgIpc) is 3.50. The molecule has 11 heteroatoms. The number of hydrogen-bond donors (Lipinski definition) is 2. The van der Waals surface area contributed by atoms with Gasteiger partial charge >= 0.3 is 0 Å². The summed E-state index contributed by atoms with van der Waals surface area (Å²) in [6.07, 6.45) is 0. The van der Waals surface area contributed by atoms with E-state index in [9.17, 15) is 4.79 Å². The second-order valence-electron chi connectivity index (χ2n) is 8.88. The Balaban J connectivity index is 1.26. The molecular weight excluding hydrogens is 496 g/mol. The highest BCUT2D eigenvalue weighted by molar-refractivity contribution is 6.03. The standard InChI is InChI=1S/C28H28N8O3/c1-17-14-18(2)36(33-17)27-13-12-26(31-32-27)29-19-6-8-20(9-7-19)30-28(37)24-16-23(34-35(24)3)22-15-21(38-4)10-11-25(22)39-5/h6-16H,1-5H3,(H,29,31)(H,30,37). The van der Waals surface area contributed by atoms with Crippen LogP contribution in [0.5, 0.6) is 11.5 Å². The van der Waals surface area contributed by atoms with Crippen LogP contribution in [0.1, 0.15) is 21.9 Å². The summed E-state index contributed by atoms with van der Waals surface area (Å²) in [7, 11) is 4.90. The first-order valence-corrected chi connectivity index (χ1v) is 12.2. The number of anilines is 3. The lowest BCUT2D eigenvalue weighted by Gasteiger charge is -2.09. The molecule has 198 valence electrons. The molecule has 3 aromatic heterocycles. The lowest BCUT2D eigenvalue weighted by Crippen LogP contribution is -2.16. The Hall–Kier alpha value is -5.19. The third-order valence-electron chi connectivity index (χ3n) is 6.09. The van der Waals surface area contributed by atoms with Gasteiger partial charge in [0.15, 0.2) is 11.6 Å². The molecule has 0 fully saturated rings. The van der Waals surface area contributed by atoms with Crippen molar-refractivity contribution in [3.05, 3.63) is 83.8 Å². The van der Waals surface area contributed by atoms with Gasteiger partial charge in [-0.2, -0.15) is 10.2 Å². The molecule has 5 rings (SSSR count). The Morgan fingerprint density at radius 1 is 0.846 bits per heavy atom. The average molecular weight is 525 g/mol. The molecule has 1 amide bonds. The fourth-order valence-corrected chi connectivity index (χ4v) is 4.17. The Bertz CT molecular complexity index is 1620. The third kappa shape index (κ3) is 5.42. The van der Waals surface area contributed by atoms with Gasteiger partial charge in [0.05, 0.1) is 25.6 Å². The van der Waals surface area contributed by atoms with Gasteiger partial charge in [0.25, 0.3) is 5.91 Å². The van der Waals surface area contributed by atoms with Crippen molar-refractivity contribution >= 4 is 23.1 Å². The van der Waals surface area contributed by atoms with Crippen LogP contribution in [0, 0.1) is 13.8 Å². The smallest absolute Gasteiger partial charge is 0.273 e. The molecule has 0 aliphatic carbocycles. The van der Waals surface area contributed by atoms with E-state index in [0.717, 1.165) is 22.6 Å². The summed E-state index contributed by atoms with van der Waals surface area (Å²) in [4.78, 5) is 13.0. The van der Waals surface area contributed by atoms with Crippen molar-refractivity contribution in [2.24, 2.45) is 7.05 Å². The summed E-state index contributed by atoms with van der Waals surface area (Å²) in [5, 5.41) is 23.6. The molecule has 0 atom stereocenters. The molecule has 0 radical (unpaired) electrons. The molecule has 0 saturated heterocycles. The highest BCUT2D eigenvalue weighted by atomic mass is 16.5. The van der Waals surface area contributed by atoms with E-state index in [0.29, 0.717) is 40.2 Å². The van der Waals surface area contributed by atoms with Gasteiger partial charge in [-0.05, 0) is 80.6 Å². The van der Waals surface area contributed by atoms with Crippen LogP contribution in [0.25, 0.3) is 17.1 Å². The molecule has 0 bridgehead atoms. The number of hydrogen-bond acceptors (Lipinski definition) is 8. The van der Waals surface area contributed by atoms with Crippen LogP contribution in [0.15, 0.2) is 66.7 Å². The monoisotopic (exact) mass is 524 g/mol. The first-order valence-electron chi connectivity index (χ1n) is 12.2. The number of carbonyl (C=O) groups excluding carboxylic acids is 1. The van der Waals surface area contributed by atoms with Crippen molar-refractivity contribution < 1.29 is 14.3 Å². The van der Waals surface area contributed by atoms with Crippen molar-refractivity contribution in [3.63, 3.8) is 0 Å². The number of nitrogens with zero attached hydrogens (tertiary/aromatic N) is 6. The van der Waals surface area contributed by atoms with Crippen LogP contribution in [0.4, 0.5) is 17.2 Å². The van der Waals surface area contributed by atoms with Crippen molar-refractivity contribution in [1.82, 2.24) is 29.8 Å². The SMILES string of the molecule is COc1ccc(OC)c(-c2cc(C(=O)Nc3ccc(Nc4ccc(-n5nc(C)cc5C)nn4)cc3)n(C)n2)c1. The Labute approximate surface area is 225 Å². The zero-order valence-electron chi connectivity index (χ0n) is 22.3. The van der Waals surface area contributed by atoms with Crippen molar-refractivity contribution in [2.45, 2.75) is 13.8 Å². The highest BCUT2D eigenvalue weighted by Crippen LogP contribution is 2.33. The minimum atomic E-state index is -0.288. The van der Waals surface area contributed by atoms with Gasteiger partial charge in [-0.1, -0.05) is 0 Å².